The number of ether oxygens (including phenoxy) is 1. The third kappa shape index (κ3) is 2.94. The van der Waals surface area contributed by atoms with E-state index in [0.29, 0.717) is 5.25 Å². The van der Waals surface area contributed by atoms with Crippen molar-refractivity contribution in [1.29, 1.82) is 0 Å². The molecule has 2 N–H and O–H groups in total. The van der Waals surface area contributed by atoms with Crippen molar-refractivity contribution >= 4 is 17.4 Å². The van der Waals surface area contributed by atoms with Crippen LogP contribution in [0.2, 0.25) is 0 Å². The van der Waals surface area contributed by atoms with Gasteiger partial charge in [-0.15, -0.1) is 11.8 Å². The summed E-state index contributed by atoms with van der Waals surface area (Å²) in [7, 11) is 0. The Kier molecular flexibility index (Phi) is 4.46. The van der Waals surface area contributed by atoms with E-state index >= 15 is 0 Å². The number of hydrogen-bond acceptors (Lipinski definition) is 4. The summed E-state index contributed by atoms with van der Waals surface area (Å²) >= 11 is 1.99. The van der Waals surface area contributed by atoms with E-state index in [0.717, 1.165) is 32.8 Å². The fraction of sp³-hybridized carbons (Fsp3) is 0.647. The molecule has 5 heteroatoms. The lowest BCUT2D eigenvalue weighted by Crippen LogP contribution is -2.22. The summed E-state index contributed by atoms with van der Waals surface area (Å²) in [5.74, 6) is 0. The maximum atomic E-state index is 6.03. The third-order valence-electron chi connectivity index (χ3n) is 4.79. The minimum Gasteiger partial charge on any atom is -0.373 e. The van der Waals surface area contributed by atoms with E-state index in [2.05, 4.69) is 33.5 Å². The van der Waals surface area contributed by atoms with E-state index in [9.17, 15) is 0 Å². The van der Waals surface area contributed by atoms with Crippen LogP contribution >= 0.6 is 11.8 Å². The summed E-state index contributed by atoms with van der Waals surface area (Å²) in [6.07, 6.45) is 13.4. The van der Waals surface area contributed by atoms with Gasteiger partial charge in [0.1, 0.15) is 0 Å². The summed E-state index contributed by atoms with van der Waals surface area (Å²) < 4.78 is 6.03. The third-order valence-corrected chi connectivity index (χ3v) is 6.06. The number of aromatic nitrogens is 1. The molecule has 0 spiro atoms. The fourth-order valence-corrected chi connectivity index (χ4v) is 4.89. The first kappa shape index (κ1) is 14.7. The molecule has 0 saturated carbocycles. The molecule has 1 aromatic rings. The predicted octanol–water partition coefficient (Wildman–Crippen LogP) is 3.43. The zero-order valence-electron chi connectivity index (χ0n) is 13.0. The Morgan fingerprint density at radius 1 is 1.27 bits per heavy atom. The number of aromatic amines is 1. The second-order valence-electron chi connectivity index (χ2n) is 6.36. The van der Waals surface area contributed by atoms with Crippen LogP contribution in [-0.2, 0) is 4.74 Å². The van der Waals surface area contributed by atoms with Gasteiger partial charge in [0.2, 0.25) is 0 Å². The molecule has 4 rings (SSSR count). The summed E-state index contributed by atoms with van der Waals surface area (Å²) in [4.78, 5) is 5.99. The molecule has 0 amide bonds. The van der Waals surface area contributed by atoms with Crippen LogP contribution in [-0.4, -0.2) is 36.6 Å². The Balaban J connectivity index is 1.61. The maximum Gasteiger partial charge on any atom is 0.0872 e. The van der Waals surface area contributed by atoms with Crippen LogP contribution in [0.25, 0.3) is 0 Å². The van der Waals surface area contributed by atoms with Gasteiger partial charge in [0.25, 0.3) is 0 Å². The molecule has 2 saturated heterocycles. The first-order chi connectivity index (χ1) is 10.9. The number of nitrogens with one attached hydrogen (secondary N) is 2. The smallest absolute Gasteiger partial charge is 0.0872 e. The molecule has 3 aliphatic rings. The molecule has 0 radical (unpaired) electrons. The van der Waals surface area contributed by atoms with Crippen molar-refractivity contribution in [3.05, 3.63) is 23.9 Å². The molecule has 2 fully saturated rings. The van der Waals surface area contributed by atoms with Crippen molar-refractivity contribution in [3.8, 4) is 0 Å². The van der Waals surface area contributed by atoms with Crippen LogP contribution in [0.15, 0.2) is 23.4 Å². The molecule has 3 heterocycles. The minimum atomic E-state index is 0.275. The summed E-state index contributed by atoms with van der Waals surface area (Å²) in [5, 5.41) is 5.37. The molecule has 2 atom stereocenters. The van der Waals surface area contributed by atoms with Gasteiger partial charge in [-0.05, 0) is 32.1 Å². The van der Waals surface area contributed by atoms with Crippen molar-refractivity contribution in [2.45, 2.75) is 48.5 Å². The van der Waals surface area contributed by atoms with E-state index in [4.69, 9.17) is 4.74 Å². The maximum absolute atomic E-state index is 6.03. The lowest BCUT2D eigenvalue weighted by molar-refractivity contribution is 0.110. The van der Waals surface area contributed by atoms with Crippen molar-refractivity contribution in [2.24, 2.45) is 0 Å². The van der Waals surface area contributed by atoms with Crippen LogP contribution < -0.4 is 10.2 Å². The van der Waals surface area contributed by atoms with Gasteiger partial charge < -0.3 is 14.6 Å². The van der Waals surface area contributed by atoms with Crippen molar-refractivity contribution in [2.75, 3.05) is 31.3 Å². The van der Waals surface area contributed by atoms with Gasteiger partial charge in [-0.3, -0.25) is 5.32 Å². The molecule has 4 nitrogen and oxygen atoms in total. The fourth-order valence-electron chi connectivity index (χ4n) is 3.62. The van der Waals surface area contributed by atoms with Crippen molar-refractivity contribution < 1.29 is 4.74 Å². The Labute approximate surface area is 136 Å². The van der Waals surface area contributed by atoms with E-state index < -0.39 is 0 Å². The molecule has 22 heavy (non-hydrogen) atoms. The molecule has 1 aliphatic carbocycles. The van der Waals surface area contributed by atoms with Gasteiger partial charge in [-0.1, -0.05) is 12.2 Å². The van der Waals surface area contributed by atoms with E-state index in [1.54, 1.807) is 0 Å². The Morgan fingerprint density at radius 3 is 3.00 bits per heavy atom. The molecule has 1 aromatic heterocycles. The first-order valence-corrected chi connectivity index (χ1v) is 9.41. The van der Waals surface area contributed by atoms with E-state index in [1.807, 2.05) is 11.8 Å². The van der Waals surface area contributed by atoms with E-state index in [-0.39, 0.29) is 6.10 Å². The number of nitrogens with zero attached hydrogens (tertiary/aromatic N) is 1. The zero-order chi connectivity index (χ0) is 14.8. The van der Waals surface area contributed by atoms with Gasteiger partial charge in [0.15, 0.2) is 0 Å². The predicted molar refractivity (Wildman–Crippen MR) is 91.6 cm³/mol. The van der Waals surface area contributed by atoms with Crippen molar-refractivity contribution in [3.63, 3.8) is 0 Å². The Bertz CT molecular complexity index is 530. The largest absolute Gasteiger partial charge is 0.373 e. The SMILES string of the molecule is C1=CC(Sc2[nH]cc(N3CCNC3)c2C2CCCO2)CCC1. The second kappa shape index (κ2) is 6.69. The van der Waals surface area contributed by atoms with E-state index in [1.165, 1.54) is 42.0 Å². The molecule has 0 aromatic carbocycles. The van der Waals surface area contributed by atoms with Crippen LogP contribution in [0.1, 0.15) is 43.8 Å². The highest BCUT2D eigenvalue weighted by Gasteiger charge is 2.29. The summed E-state index contributed by atoms with van der Waals surface area (Å²) in [6.45, 7) is 4.01. The van der Waals surface area contributed by atoms with Gasteiger partial charge in [0, 0.05) is 36.7 Å². The number of anilines is 1. The number of rotatable bonds is 4. The number of thioether (sulfide) groups is 1. The molecule has 2 aliphatic heterocycles. The Morgan fingerprint density at radius 2 is 2.27 bits per heavy atom. The number of H-pyrrole nitrogens is 1. The van der Waals surface area contributed by atoms with Gasteiger partial charge in [-0.2, -0.15) is 0 Å². The lowest BCUT2D eigenvalue weighted by Gasteiger charge is -2.22. The normalized spacial score (nSPS) is 28.6. The number of hydrogen-bond donors (Lipinski definition) is 2. The quantitative estimate of drug-likeness (QED) is 0.834. The standard InChI is InChI=1S/C17H25N3OS/c1-2-5-13(6-3-1)22-17-16(15-7-4-10-21-15)14(11-19-17)20-9-8-18-12-20/h2,5,11,13,15,18-19H,1,3-4,6-10,12H2. The molecule has 120 valence electrons. The van der Waals surface area contributed by atoms with Gasteiger partial charge in [-0.25, -0.2) is 0 Å². The highest BCUT2D eigenvalue weighted by atomic mass is 32.2. The lowest BCUT2D eigenvalue weighted by atomic mass is 10.1. The molecule has 2 unspecified atom stereocenters. The average molecular weight is 319 g/mol. The summed E-state index contributed by atoms with van der Waals surface area (Å²) in [6, 6.07) is 0. The molecular weight excluding hydrogens is 294 g/mol. The highest BCUT2D eigenvalue weighted by molar-refractivity contribution is 8.00. The topological polar surface area (TPSA) is 40.3 Å². The van der Waals surface area contributed by atoms with Gasteiger partial charge in [0.05, 0.1) is 23.5 Å². The second-order valence-corrected chi connectivity index (χ2v) is 7.60. The highest BCUT2D eigenvalue weighted by Crippen LogP contribution is 2.43. The first-order valence-electron chi connectivity index (χ1n) is 8.53. The number of allylic oxidation sites excluding steroid dienone is 1. The Hall–Kier alpha value is -0.910. The van der Waals surface area contributed by atoms with Crippen LogP contribution in [0.3, 0.4) is 0 Å². The average Bonchev–Trinajstić information content (AvgIpc) is 3.29. The molecule has 0 bridgehead atoms. The van der Waals surface area contributed by atoms with Gasteiger partial charge >= 0.3 is 0 Å². The van der Waals surface area contributed by atoms with Crippen molar-refractivity contribution in [1.82, 2.24) is 10.3 Å². The van der Waals surface area contributed by atoms with Crippen LogP contribution in [0, 0.1) is 0 Å². The zero-order valence-corrected chi connectivity index (χ0v) is 13.8. The minimum absolute atomic E-state index is 0.275. The van der Waals surface area contributed by atoms with Crippen LogP contribution in [0.4, 0.5) is 5.69 Å². The molecular formula is C17H25N3OS. The van der Waals surface area contributed by atoms with Crippen LogP contribution in [0.5, 0.6) is 0 Å². The summed E-state index contributed by atoms with van der Waals surface area (Å²) in [5.41, 5.74) is 2.75. The monoisotopic (exact) mass is 319 g/mol.